The smallest absolute Gasteiger partial charge is 0.0559 e. The van der Waals surface area contributed by atoms with Gasteiger partial charge in [0.25, 0.3) is 0 Å². The molecule has 2 aliphatic rings. The van der Waals surface area contributed by atoms with Gasteiger partial charge in [0.05, 0.1) is 6.61 Å². The van der Waals surface area contributed by atoms with Gasteiger partial charge in [-0.15, -0.1) is 0 Å². The van der Waals surface area contributed by atoms with Gasteiger partial charge in [0, 0.05) is 12.5 Å². The summed E-state index contributed by atoms with van der Waals surface area (Å²) in [5, 5.41) is 0. The average molecular weight is 164 g/mol. The van der Waals surface area contributed by atoms with E-state index < -0.39 is 0 Å². The van der Waals surface area contributed by atoms with Crippen molar-refractivity contribution in [1.82, 2.24) is 0 Å². The zero-order chi connectivity index (χ0) is 8.44. The molecular formula is C11H16O. The third kappa shape index (κ3) is 1.34. The first-order valence-electron chi connectivity index (χ1n) is 4.73. The molecule has 0 aromatic rings. The lowest BCUT2D eigenvalue weighted by molar-refractivity contribution is 0.158. The summed E-state index contributed by atoms with van der Waals surface area (Å²) in [4.78, 5) is 0. The van der Waals surface area contributed by atoms with E-state index in [0.717, 1.165) is 6.61 Å². The van der Waals surface area contributed by atoms with Gasteiger partial charge in [0.15, 0.2) is 0 Å². The van der Waals surface area contributed by atoms with Crippen molar-refractivity contribution in [3.63, 3.8) is 0 Å². The van der Waals surface area contributed by atoms with Gasteiger partial charge in [0.1, 0.15) is 0 Å². The van der Waals surface area contributed by atoms with E-state index in [0.29, 0.717) is 5.41 Å². The maximum absolute atomic E-state index is 5.25. The van der Waals surface area contributed by atoms with Crippen LogP contribution in [0.5, 0.6) is 0 Å². The molecule has 0 N–H and O–H groups in total. The van der Waals surface area contributed by atoms with Crippen molar-refractivity contribution in [2.24, 2.45) is 5.41 Å². The van der Waals surface area contributed by atoms with Gasteiger partial charge in [-0.2, -0.15) is 0 Å². The fourth-order valence-corrected chi connectivity index (χ4v) is 1.95. The summed E-state index contributed by atoms with van der Waals surface area (Å²) >= 11 is 0. The van der Waals surface area contributed by atoms with Gasteiger partial charge >= 0.3 is 0 Å². The second kappa shape index (κ2) is 3.06. The largest absolute Gasteiger partial charge is 0.384 e. The van der Waals surface area contributed by atoms with Crippen molar-refractivity contribution in [2.75, 3.05) is 13.7 Å². The molecule has 2 aliphatic carbocycles. The minimum absolute atomic E-state index is 0.422. The maximum atomic E-state index is 5.25. The lowest BCUT2D eigenvalue weighted by Crippen LogP contribution is -2.11. The third-order valence-corrected chi connectivity index (χ3v) is 2.88. The third-order valence-electron chi connectivity index (χ3n) is 2.88. The molecule has 0 aliphatic heterocycles. The van der Waals surface area contributed by atoms with E-state index in [-0.39, 0.29) is 0 Å². The lowest BCUT2D eigenvalue weighted by atomic mass is 9.92. The number of rotatable bonds is 3. The average Bonchev–Trinajstić information content (AvgIpc) is 2.88. The van der Waals surface area contributed by atoms with Gasteiger partial charge in [-0.1, -0.05) is 18.2 Å². The number of allylic oxidation sites excluding steroid dienone is 3. The van der Waals surface area contributed by atoms with Crippen LogP contribution in [0.2, 0.25) is 0 Å². The van der Waals surface area contributed by atoms with Crippen LogP contribution in [0.3, 0.4) is 0 Å². The highest BCUT2D eigenvalue weighted by atomic mass is 16.5. The Labute approximate surface area is 74.1 Å². The summed E-state index contributed by atoms with van der Waals surface area (Å²) in [7, 11) is 1.80. The quantitative estimate of drug-likeness (QED) is 0.623. The molecule has 0 aromatic carbocycles. The van der Waals surface area contributed by atoms with Crippen molar-refractivity contribution in [2.45, 2.75) is 25.7 Å². The zero-order valence-corrected chi connectivity index (χ0v) is 7.68. The van der Waals surface area contributed by atoms with Gasteiger partial charge in [-0.25, -0.2) is 0 Å². The van der Waals surface area contributed by atoms with Crippen molar-refractivity contribution < 1.29 is 4.74 Å². The van der Waals surface area contributed by atoms with E-state index in [1.165, 1.54) is 31.3 Å². The van der Waals surface area contributed by atoms with Crippen molar-refractivity contribution in [1.29, 1.82) is 0 Å². The Morgan fingerprint density at radius 1 is 1.42 bits per heavy atom. The highest BCUT2D eigenvalue weighted by molar-refractivity contribution is 5.34. The van der Waals surface area contributed by atoms with Crippen molar-refractivity contribution in [3.8, 4) is 0 Å². The highest BCUT2D eigenvalue weighted by Crippen LogP contribution is 2.53. The van der Waals surface area contributed by atoms with Crippen LogP contribution in [0.1, 0.15) is 25.7 Å². The minimum atomic E-state index is 0.422. The topological polar surface area (TPSA) is 9.23 Å². The van der Waals surface area contributed by atoms with E-state index in [1.54, 1.807) is 7.11 Å². The molecule has 66 valence electrons. The zero-order valence-electron chi connectivity index (χ0n) is 7.68. The number of methoxy groups -OCH3 is 1. The molecule has 0 heterocycles. The van der Waals surface area contributed by atoms with Crippen LogP contribution < -0.4 is 0 Å². The first kappa shape index (κ1) is 8.06. The van der Waals surface area contributed by atoms with Crippen LogP contribution in [0.25, 0.3) is 0 Å². The van der Waals surface area contributed by atoms with E-state index in [1.807, 2.05) is 0 Å². The molecule has 0 amide bonds. The summed E-state index contributed by atoms with van der Waals surface area (Å²) in [6.45, 7) is 0.906. The number of hydrogen-bond donors (Lipinski definition) is 0. The Balaban J connectivity index is 2.07. The molecule has 1 fully saturated rings. The molecule has 0 saturated heterocycles. The van der Waals surface area contributed by atoms with Crippen LogP contribution in [0, 0.1) is 5.41 Å². The summed E-state index contributed by atoms with van der Waals surface area (Å²) < 4.78 is 5.25. The Hall–Kier alpha value is -0.560. The fraction of sp³-hybridized carbons (Fsp3) is 0.636. The van der Waals surface area contributed by atoms with Gasteiger partial charge in [0.2, 0.25) is 0 Å². The summed E-state index contributed by atoms with van der Waals surface area (Å²) in [5.41, 5.74) is 1.95. The highest BCUT2D eigenvalue weighted by Gasteiger charge is 2.44. The molecule has 0 spiro atoms. The van der Waals surface area contributed by atoms with Gasteiger partial charge in [-0.05, 0) is 31.3 Å². The first-order valence-corrected chi connectivity index (χ1v) is 4.73. The van der Waals surface area contributed by atoms with Crippen LogP contribution in [-0.4, -0.2) is 13.7 Å². The first-order chi connectivity index (χ1) is 5.87. The van der Waals surface area contributed by atoms with Crippen LogP contribution in [0.4, 0.5) is 0 Å². The Kier molecular flexibility index (Phi) is 2.05. The van der Waals surface area contributed by atoms with E-state index in [4.69, 9.17) is 4.74 Å². The van der Waals surface area contributed by atoms with E-state index in [2.05, 4.69) is 18.2 Å². The maximum Gasteiger partial charge on any atom is 0.0559 e. The molecule has 0 unspecified atom stereocenters. The molecule has 0 aromatic heterocycles. The summed E-state index contributed by atoms with van der Waals surface area (Å²) in [6.07, 6.45) is 12.0. The normalized spacial score (nSPS) is 25.2. The Bertz CT molecular complexity index is 221. The monoisotopic (exact) mass is 164 g/mol. The van der Waals surface area contributed by atoms with Crippen LogP contribution in [-0.2, 0) is 4.74 Å². The summed E-state index contributed by atoms with van der Waals surface area (Å²) in [5.74, 6) is 0. The second-order valence-electron chi connectivity index (χ2n) is 3.85. The number of ether oxygens (including phenoxy) is 1. The Morgan fingerprint density at radius 3 is 2.75 bits per heavy atom. The van der Waals surface area contributed by atoms with Gasteiger partial charge in [-0.3, -0.25) is 0 Å². The number of hydrogen-bond acceptors (Lipinski definition) is 1. The van der Waals surface area contributed by atoms with Crippen LogP contribution in [0.15, 0.2) is 23.8 Å². The molecule has 0 atom stereocenters. The van der Waals surface area contributed by atoms with Gasteiger partial charge < -0.3 is 4.74 Å². The predicted octanol–water partition coefficient (Wildman–Crippen LogP) is 2.69. The van der Waals surface area contributed by atoms with Crippen LogP contribution >= 0.6 is 0 Å². The molecule has 1 saturated carbocycles. The minimum Gasteiger partial charge on any atom is -0.384 e. The van der Waals surface area contributed by atoms with Crippen molar-refractivity contribution in [3.05, 3.63) is 23.8 Å². The summed E-state index contributed by atoms with van der Waals surface area (Å²) in [6, 6.07) is 0. The van der Waals surface area contributed by atoms with E-state index in [9.17, 15) is 0 Å². The lowest BCUT2D eigenvalue weighted by Gasteiger charge is -2.17. The molecule has 0 bridgehead atoms. The molecule has 1 heteroatoms. The van der Waals surface area contributed by atoms with E-state index >= 15 is 0 Å². The second-order valence-corrected chi connectivity index (χ2v) is 3.85. The van der Waals surface area contributed by atoms with Crippen molar-refractivity contribution >= 4 is 0 Å². The molecule has 0 radical (unpaired) electrons. The fourth-order valence-electron chi connectivity index (χ4n) is 1.95. The standard InChI is InChI=1S/C11H16O/c1-12-9-11(7-8-11)10-5-3-2-4-6-10/h3,5-6H,2,4,7-9H2,1H3. The predicted molar refractivity (Wildman–Crippen MR) is 50.0 cm³/mol. The molecular weight excluding hydrogens is 148 g/mol. The molecule has 12 heavy (non-hydrogen) atoms. The molecule has 2 rings (SSSR count). The molecule has 1 nitrogen and oxygen atoms in total. The Morgan fingerprint density at radius 2 is 2.25 bits per heavy atom. The SMILES string of the molecule is COCC1(C2=CCCC=C2)CC1.